The third kappa shape index (κ3) is 3.90. The van der Waals surface area contributed by atoms with E-state index >= 15 is 0 Å². The Morgan fingerprint density at radius 3 is 2.55 bits per heavy atom. The molecule has 122 valence electrons. The fraction of sp³-hybridized carbons (Fsp3) is 0.562. The molecule has 1 aliphatic heterocycles. The number of methoxy groups -OCH3 is 2. The van der Waals surface area contributed by atoms with Gasteiger partial charge in [-0.05, 0) is 37.6 Å². The van der Waals surface area contributed by atoms with Gasteiger partial charge in [0, 0.05) is 13.1 Å². The van der Waals surface area contributed by atoms with Crippen molar-refractivity contribution in [1.82, 2.24) is 4.90 Å². The van der Waals surface area contributed by atoms with Crippen LogP contribution >= 0.6 is 0 Å². The molecular weight excluding hydrogens is 286 g/mol. The normalized spacial score (nSPS) is 17.8. The molecule has 0 amide bonds. The number of aliphatic hydroxyl groups excluding tert-OH is 1. The molecule has 1 unspecified atom stereocenters. The third-order valence-electron chi connectivity index (χ3n) is 3.89. The van der Waals surface area contributed by atoms with E-state index in [9.17, 15) is 9.90 Å². The Labute approximate surface area is 130 Å². The molecule has 1 aromatic rings. The number of hydrogen-bond donors (Lipinski definition) is 1. The topological polar surface area (TPSA) is 68.2 Å². The van der Waals surface area contributed by atoms with Crippen LogP contribution in [0.5, 0.6) is 11.5 Å². The second-order valence-corrected chi connectivity index (χ2v) is 5.46. The van der Waals surface area contributed by atoms with E-state index in [1.165, 1.54) is 14.2 Å². The number of rotatable bonds is 5. The van der Waals surface area contributed by atoms with Gasteiger partial charge in [0.05, 0.1) is 14.2 Å². The van der Waals surface area contributed by atoms with Gasteiger partial charge in [-0.25, -0.2) is 4.79 Å². The Morgan fingerprint density at radius 2 is 1.95 bits per heavy atom. The fourth-order valence-corrected chi connectivity index (χ4v) is 2.48. The van der Waals surface area contributed by atoms with Crippen molar-refractivity contribution >= 4 is 5.97 Å². The molecule has 1 aromatic carbocycles. The van der Waals surface area contributed by atoms with E-state index < -0.39 is 12.1 Å². The molecule has 0 radical (unpaired) electrons. The first kappa shape index (κ1) is 16.6. The summed E-state index contributed by atoms with van der Waals surface area (Å²) in [5, 5.41) is 9.87. The van der Waals surface area contributed by atoms with Gasteiger partial charge in [-0.1, -0.05) is 6.07 Å². The second-order valence-electron chi connectivity index (χ2n) is 5.46. The molecule has 0 bridgehead atoms. The monoisotopic (exact) mass is 309 g/mol. The van der Waals surface area contributed by atoms with Gasteiger partial charge in [-0.2, -0.15) is 0 Å². The SMILES string of the molecule is COC(=O)C(O)c1ccc(OC2CCN(C)CC2)c(OC)c1. The summed E-state index contributed by atoms with van der Waals surface area (Å²) >= 11 is 0. The summed E-state index contributed by atoms with van der Waals surface area (Å²) in [4.78, 5) is 13.7. The summed E-state index contributed by atoms with van der Waals surface area (Å²) in [6.07, 6.45) is 0.760. The Bertz CT molecular complexity index is 511. The van der Waals surface area contributed by atoms with E-state index in [0.717, 1.165) is 25.9 Å². The Hall–Kier alpha value is -1.79. The minimum atomic E-state index is -1.32. The number of carbonyl (C=O) groups is 1. The van der Waals surface area contributed by atoms with Gasteiger partial charge in [-0.15, -0.1) is 0 Å². The lowest BCUT2D eigenvalue weighted by Gasteiger charge is -2.29. The number of nitrogens with zero attached hydrogens (tertiary/aromatic N) is 1. The van der Waals surface area contributed by atoms with Gasteiger partial charge in [0.25, 0.3) is 0 Å². The highest BCUT2D eigenvalue weighted by atomic mass is 16.5. The van der Waals surface area contributed by atoms with Crippen molar-refractivity contribution in [2.24, 2.45) is 0 Å². The van der Waals surface area contributed by atoms with E-state index in [4.69, 9.17) is 9.47 Å². The van der Waals surface area contributed by atoms with Crippen molar-refractivity contribution in [3.8, 4) is 11.5 Å². The van der Waals surface area contributed by atoms with E-state index in [-0.39, 0.29) is 6.10 Å². The summed E-state index contributed by atoms with van der Waals surface area (Å²) in [6.45, 7) is 2.01. The molecular formula is C16H23NO5. The molecule has 1 saturated heterocycles. The van der Waals surface area contributed by atoms with E-state index in [1.807, 2.05) is 0 Å². The Balaban J connectivity index is 2.10. The number of piperidine rings is 1. The van der Waals surface area contributed by atoms with Crippen molar-refractivity contribution in [3.63, 3.8) is 0 Å². The molecule has 1 heterocycles. The van der Waals surface area contributed by atoms with Gasteiger partial charge in [0.2, 0.25) is 0 Å². The Kier molecular flexibility index (Phi) is 5.63. The number of carbonyl (C=O) groups excluding carboxylic acids is 1. The van der Waals surface area contributed by atoms with Gasteiger partial charge < -0.3 is 24.2 Å². The maximum absolute atomic E-state index is 11.4. The average molecular weight is 309 g/mol. The molecule has 6 nitrogen and oxygen atoms in total. The van der Waals surface area contributed by atoms with Crippen molar-refractivity contribution < 1.29 is 24.1 Å². The number of aliphatic hydroxyl groups is 1. The smallest absolute Gasteiger partial charge is 0.339 e. The third-order valence-corrected chi connectivity index (χ3v) is 3.89. The van der Waals surface area contributed by atoms with Crippen molar-refractivity contribution in [2.45, 2.75) is 25.0 Å². The molecule has 0 spiro atoms. The van der Waals surface area contributed by atoms with Gasteiger partial charge in [0.1, 0.15) is 6.10 Å². The number of likely N-dealkylation sites (tertiary alicyclic amines) is 1. The molecule has 2 rings (SSSR count). The maximum Gasteiger partial charge on any atom is 0.339 e. The van der Waals surface area contributed by atoms with Gasteiger partial charge in [0.15, 0.2) is 17.6 Å². The largest absolute Gasteiger partial charge is 0.493 e. The average Bonchev–Trinajstić information content (AvgIpc) is 2.55. The molecule has 0 aliphatic carbocycles. The van der Waals surface area contributed by atoms with Crippen LogP contribution in [0.15, 0.2) is 18.2 Å². The standard InChI is InChI=1S/C16H23NO5/c1-17-8-6-12(7-9-17)22-13-5-4-11(10-14(13)20-2)15(18)16(19)21-3/h4-5,10,12,15,18H,6-9H2,1-3H3. The predicted molar refractivity (Wildman–Crippen MR) is 81.1 cm³/mol. The van der Waals surface area contributed by atoms with E-state index in [0.29, 0.717) is 17.1 Å². The van der Waals surface area contributed by atoms with Crippen LogP contribution in [0.4, 0.5) is 0 Å². The van der Waals surface area contributed by atoms with Crippen LogP contribution in [0.1, 0.15) is 24.5 Å². The fourth-order valence-electron chi connectivity index (χ4n) is 2.48. The first-order valence-electron chi connectivity index (χ1n) is 7.34. The zero-order valence-corrected chi connectivity index (χ0v) is 13.2. The Morgan fingerprint density at radius 1 is 1.27 bits per heavy atom. The second kappa shape index (κ2) is 7.47. The molecule has 1 fully saturated rings. The summed E-state index contributed by atoms with van der Waals surface area (Å²) in [7, 11) is 4.87. The molecule has 1 atom stereocenters. The zero-order valence-electron chi connectivity index (χ0n) is 13.2. The first-order chi connectivity index (χ1) is 10.5. The van der Waals surface area contributed by atoms with Crippen LogP contribution in [-0.2, 0) is 9.53 Å². The molecule has 1 N–H and O–H groups in total. The highest BCUT2D eigenvalue weighted by molar-refractivity contribution is 5.76. The quantitative estimate of drug-likeness (QED) is 0.829. The summed E-state index contributed by atoms with van der Waals surface area (Å²) < 4.78 is 15.8. The van der Waals surface area contributed by atoms with Crippen LogP contribution in [0, 0.1) is 0 Å². The van der Waals surface area contributed by atoms with Crippen LogP contribution in [0.3, 0.4) is 0 Å². The van der Waals surface area contributed by atoms with Crippen LogP contribution in [0.25, 0.3) is 0 Å². The molecule has 1 aliphatic rings. The highest BCUT2D eigenvalue weighted by Gasteiger charge is 2.22. The highest BCUT2D eigenvalue weighted by Crippen LogP contribution is 2.32. The maximum atomic E-state index is 11.4. The summed E-state index contributed by atoms with van der Waals surface area (Å²) in [6, 6.07) is 4.97. The lowest BCUT2D eigenvalue weighted by Crippen LogP contribution is -2.35. The molecule has 0 saturated carbocycles. The predicted octanol–water partition coefficient (Wildman–Crippen LogP) is 1.37. The van der Waals surface area contributed by atoms with E-state index in [2.05, 4.69) is 16.7 Å². The van der Waals surface area contributed by atoms with Crippen LogP contribution in [0.2, 0.25) is 0 Å². The van der Waals surface area contributed by atoms with Gasteiger partial charge in [-0.3, -0.25) is 0 Å². The number of hydrogen-bond acceptors (Lipinski definition) is 6. The lowest BCUT2D eigenvalue weighted by molar-refractivity contribution is -0.150. The van der Waals surface area contributed by atoms with Crippen molar-refractivity contribution in [1.29, 1.82) is 0 Å². The minimum absolute atomic E-state index is 0.154. The summed E-state index contributed by atoms with van der Waals surface area (Å²) in [5.41, 5.74) is 0.416. The van der Waals surface area contributed by atoms with E-state index in [1.54, 1.807) is 18.2 Å². The number of benzene rings is 1. The van der Waals surface area contributed by atoms with Crippen molar-refractivity contribution in [3.05, 3.63) is 23.8 Å². The van der Waals surface area contributed by atoms with Gasteiger partial charge >= 0.3 is 5.97 Å². The van der Waals surface area contributed by atoms with Crippen molar-refractivity contribution in [2.75, 3.05) is 34.4 Å². The number of esters is 1. The first-order valence-corrected chi connectivity index (χ1v) is 7.34. The lowest BCUT2D eigenvalue weighted by atomic mass is 10.1. The molecule has 0 aromatic heterocycles. The van der Waals surface area contributed by atoms with Crippen LogP contribution < -0.4 is 9.47 Å². The minimum Gasteiger partial charge on any atom is -0.493 e. The van der Waals surface area contributed by atoms with Crippen LogP contribution in [-0.4, -0.2) is 56.4 Å². The zero-order chi connectivity index (χ0) is 16.1. The molecule has 22 heavy (non-hydrogen) atoms. The number of ether oxygens (including phenoxy) is 3. The molecule has 6 heteroatoms. The summed E-state index contributed by atoms with van der Waals surface area (Å²) in [5.74, 6) is 0.420.